The van der Waals surface area contributed by atoms with E-state index in [1.165, 1.54) is 12.1 Å². The van der Waals surface area contributed by atoms with Crippen molar-refractivity contribution in [3.8, 4) is 5.75 Å². The molecule has 0 atom stereocenters. The van der Waals surface area contributed by atoms with Crippen LogP contribution in [0.25, 0.3) is 0 Å². The van der Waals surface area contributed by atoms with Crippen molar-refractivity contribution in [3.05, 3.63) is 41.7 Å². The lowest BCUT2D eigenvalue weighted by Gasteiger charge is -2.11. The summed E-state index contributed by atoms with van der Waals surface area (Å²) in [6, 6.07) is 2.50. The van der Waals surface area contributed by atoms with Gasteiger partial charge in [0.25, 0.3) is 0 Å². The quantitative estimate of drug-likeness (QED) is 0.0781. The summed E-state index contributed by atoms with van der Waals surface area (Å²) in [6.45, 7) is 14.7. The van der Waals surface area contributed by atoms with Gasteiger partial charge in [-0.1, -0.05) is 19.9 Å². The SMILES string of the molecule is C=C(CCCCCOCCCCCOCCOCCOCCCCCOCCC)Oc1c(F)cc(C)cc1F. The third kappa shape index (κ3) is 20.9. The molecule has 0 saturated heterocycles. The van der Waals surface area contributed by atoms with E-state index in [2.05, 4.69) is 13.5 Å². The highest BCUT2D eigenvalue weighted by Gasteiger charge is 2.12. The minimum atomic E-state index is -0.703. The van der Waals surface area contributed by atoms with Gasteiger partial charge in [0.05, 0.1) is 32.2 Å². The molecule has 0 spiro atoms. The van der Waals surface area contributed by atoms with E-state index in [9.17, 15) is 8.78 Å². The molecule has 0 aliphatic rings. The molecule has 0 fully saturated rings. The Kier molecular flexibility index (Phi) is 23.1. The van der Waals surface area contributed by atoms with Gasteiger partial charge < -0.3 is 28.4 Å². The number of benzene rings is 1. The molecule has 39 heavy (non-hydrogen) atoms. The van der Waals surface area contributed by atoms with Crippen molar-refractivity contribution in [2.24, 2.45) is 0 Å². The molecule has 0 N–H and O–H groups in total. The number of rotatable bonds is 28. The van der Waals surface area contributed by atoms with E-state index >= 15 is 0 Å². The first-order valence-corrected chi connectivity index (χ1v) is 14.7. The summed E-state index contributed by atoms with van der Waals surface area (Å²) in [5.41, 5.74) is 0.514. The van der Waals surface area contributed by atoms with Crippen LogP contribution in [-0.4, -0.2) is 66.1 Å². The summed E-state index contributed by atoms with van der Waals surface area (Å²) in [5.74, 6) is -1.42. The zero-order chi connectivity index (χ0) is 28.4. The first-order chi connectivity index (χ1) is 19.0. The maximum absolute atomic E-state index is 13.8. The van der Waals surface area contributed by atoms with Crippen LogP contribution in [0.3, 0.4) is 0 Å². The van der Waals surface area contributed by atoms with Gasteiger partial charge in [0, 0.05) is 46.1 Å². The van der Waals surface area contributed by atoms with E-state index in [1.807, 2.05) is 0 Å². The van der Waals surface area contributed by atoms with Crippen molar-refractivity contribution in [3.63, 3.8) is 0 Å². The molecule has 1 aromatic carbocycles. The fourth-order valence-electron chi connectivity index (χ4n) is 3.74. The van der Waals surface area contributed by atoms with E-state index in [0.717, 1.165) is 97.2 Å². The van der Waals surface area contributed by atoms with E-state index in [-0.39, 0.29) is 5.75 Å². The molecule has 1 rings (SSSR count). The van der Waals surface area contributed by atoms with Crippen molar-refractivity contribution in [2.45, 2.75) is 84.5 Å². The largest absolute Gasteiger partial charge is 0.456 e. The fraction of sp³-hybridized carbons (Fsp3) is 0.742. The van der Waals surface area contributed by atoms with Crippen LogP contribution < -0.4 is 4.74 Å². The molecule has 0 aliphatic heterocycles. The maximum Gasteiger partial charge on any atom is 0.198 e. The Labute approximate surface area is 235 Å². The topological polar surface area (TPSA) is 55.4 Å². The Balaban J connectivity index is 1.76. The number of unbranched alkanes of at least 4 members (excludes halogenated alkanes) is 6. The van der Waals surface area contributed by atoms with Gasteiger partial charge in [0.1, 0.15) is 0 Å². The first-order valence-electron chi connectivity index (χ1n) is 14.7. The summed E-state index contributed by atoms with van der Waals surface area (Å²) in [5, 5.41) is 0. The van der Waals surface area contributed by atoms with Crippen LogP contribution in [0.15, 0.2) is 24.5 Å². The number of allylic oxidation sites excluding steroid dienone is 1. The molecule has 226 valence electrons. The Bertz CT molecular complexity index is 708. The number of hydrogen-bond acceptors (Lipinski definition) is 6. The average molecular weight is 559 g/mol. The van der Waals surface area contributed by atoms with Crippen LogP contribution in [0.2, 0.25) is 0 Å². The van der Waals surface area contributed by atoms with Gasteiger partial charge in [0.15, 0.2) is 17.4 Å². The molecule has 0 bridgehead atoms. The molecule has 0 saturated carbocycles. The molecule has 0 amide bonds. The number of halogens is 2. The molecule has 8 heteroatoms. The van der Waals surface area contributed by atoms with Crippen LogP contribution >= 0.6 is 0 Å². The van der Waals surface area contributed by atoms with Crippen molar-refractivity contribution in [1.29, 1.82) is 0 Å². The van der Waals surface area contributed by atoms with Crippen molar-refractivity contribution in [2.75, 3.05) is 66.1 Å². The average Bonchev–Trinajstić information content (AvgIpc) is 2.90. The van der Waals surface area contributed by atoms with Gasteiger partial charge in [-0.05, 0) is 82.4 Å². The summed E-state index contributed by atoms with van der Waals surface area (Å²) in [7, 11) is 0. The van der Waals surface area contributed by atoms with Crippen LogP contribution in [0.5, 0.6) is 5.75 Å². The standard InChI is InChI=1S/C31H52F2O6/c1-4-15-34-16-10-6-12-19-36-21-23-38-24-22-37-20-13-7-11-18-35-17-9-5-8-14-28(3)39-31-29(32)25-27(2)26-30(31)33/h25-26H,3-24H2,1-2H3. The lowest BCUT2D eigenvalue weighted by atomic mass is 10.2. The molecule has 6 nitrogen and oxygen atoms in total. The molecular formula is C31H52F2O6. The van der Waals surface area contributed by atoms with Crippen LogP contribution in [0, 0.1) is 18.6 Å². The third-order valence-electron chi connectivity index (χ3n) is 5.88. The fourth-order valence-corrected chi connectivity index (χ4v) is 3.74. The van der Waals surface area contributed by atoms with Crippen molar-refractivity contribution >= 4 is 0 Å². The maximum atomic E-state index is 13.8. The van der Waals surface area contributed by atoms with Gasteiger partial charge in [-0.25, -0.2) is 8.78 Å². The Morgan fingerprint density at radius 1 is 0.590 bits per heavy atom. The normalized spacial score (nSPS) is 11.3. The molecule has 0 heterocycles. The summed E-state index contributed by atoms with van der Waals surface area (Å²) in [4.78, 5) is 0. The number of aryl methyl sites for hydroxylation is 1. The predicted octanol–water partition coefficient (Wildman–Crippen LogP) is 7.56. The smallest absolute Gasteiger partial charge is 0.198 e. The predicted molar refractivity (Wildman–Crippen MR) is 151 cm³/mol. The summed E-state index contributed by atoms with van der Waals surface area (Å²) in [6.07, 6.45) is 10.8. The molecule has 0 unspecified atom stereocenters. The van der Waals surface area contributed by atoms with Crippen LogP contribution in [0.1, 0.15) is 83.1 Å². The molecule has 0 aliphatic carbocycles. The first kappa shape index (κ1) is 35.4. The Morgan fingerprint density at radius 2 is 0.974 bits per heavy atom. The highest BCUT2D eigenvalue weighted by molar-refractivity contribution is 5.31. The van der Waals surface area contributed by atoms with E-state index < -0.39 is 11.6 Å². The highest BCUT2D eigenvalue weighted by Crippen LogP contribution is 2.25. The Morgan fingerprint density at radius 3 is 1.44 bits per heavy atom. The lowest BCUT2D eigenvalue weighted by Crippen LogP contribution is -2.10. The van der Waals surface area contributed by atoms with Crippen molar-refractivity contribution < 1.29 is 37.2 Å². The lowest BCUT2D eigenvalue weighted by molar-refractivity contribution is 0.0127. The summed E-state index contributed by atoms with van der Waals surface area (Å²) < 4.78 is 60.8. The van der Waals surface area contributed by atoms with E-state index in [4.69, 9.17) is 28.4 Å². The van der Waals surface area contributed by atoms with Crippen LogP contribution in [0.4, 0.5) is 8.78 Å². The second-order valence-electron chi connectivity index (χ2n) is 9.69. The van der Waals surface area contributed by atoms with Gasteiger partial charge in [0.2, 0.25) is 0 Å². The van der Waals surface area contributed by atoms with E-state index in [0.29, 0.717) is 50.8 Å². The van der Waals surface area contributed by atoms with Gasteiger partial charge >= 0.3 is 0 Å². The van der Waals surface area contributed by atoms with Gasteiger partial charge in [-0.3, -0.25) is 0 Å². The second kappa shape index (κ2) is 25.4. The zero-order valence-corrected chi connectivity index (χ0v) is 24.4. The minimum Gasteiger partial charge on any atom is -0.456 e. The minimum absolute atomic E-state index is 0.367. The zero-order valence-electron chi connectivity index (χ0n) is 24.4. The van der Waals surface area contributed by atoms with Gasteiger partial charge in [-0.2, -0.15) is 0 Å². The monoisotopic (exact) mass is 558 g/mol. The number of ether oxygens (including phenoxy) is 6. The Hall–Kier alpha value is -1.58. The van der Waals surface area contributed by atoms with Gasteiger partial charge in [-0.15, -0.1) is 0 Å². The molecule has 0 aromatic heterocycles. The molecular weight excluding hydrogens is 506 g/mol. The highest BCUT2D eigenvalue weighted by atomic mass is 19.1. The van der Waals surface area contributed by atoms with Crippen molar-refractivity contribution in [1.82, 2.24) is 0 Å². The molecule has 1 aromatic rings. The van der Waals surface area contributed by atoms with Crippen LogP contribution in [-0.2, 0) is 23.7 Å². The van der Waals surface area contributed by atoms with E-state index in [1.54, 1.807) is 6.92 Å². The number of hydrogen-bond donors (Lipinski definition) is 0. The third-order valence-corrected chi connectivity index (χ3v) is 5.88. The molecule has 0 radical (unpaired) electrons. The second-order valence-corrected chi connectivity index (χ2v) is 9.69. The summed E-state index contributed by atoms with van der Waals surface area (Å²) >= 11 is 0.